The quantitative estimate of drug-likeness (QED) is 0.660. The Morgan fingerprint density at radius 1 is 1.17 bits per heavy atom. The number of carbonyl (C=O) groups is 2. The zero-order valence-electron chi connectivity index (χ0n) is 13.3. The summed E-state index contributed by atoms with van der Waals surface area (Å²) in [5.41, 5.74) is 1.49. The second-order valence-corrected chi connectivity index (χ2v) is 5.15. The lowest BCUT2D eigenvalue weighted by atomic mass is 10.1. The van der Waals surface area contributed by atoms with Crippen molar-refractivity contribution in [3.63, 3.8) is 0 Å². The predicted octanol–water partition coefficient (Wildman–Crippen LogP) is 1.14. The molecule has 2 aromatic rings. The Hall–Kier alpha value is -2.80. The van der Waals surface area contributed by atoms with Crippen LogP contribution in [0.5, 0.6) is 5.75 Å². The van der Waals surface area contributed by atoms with Crippen molar-refractivity contribution in [1.29, 1.82) is 0 Å². The first-order chi connectivity index (χ1) is 11.6. The van der Waals surface area contributed by atoms with Crippen molar-refractivity contribution < 1.29 is 23.8 Å². The lowest BCUT2D eigenvalue weighted by Gasteiger charge is -2.10. The van der Waals surface area contributed by atoms with E-state index in [4.69, 9.17) is 9.15 Å². The highest BCUT2D eigenvalue weighted by Gasteiger charge is 2.14. The molecule has 0 radical (unpaired) electrons. The van der Waals surface area contributed by atoms with Crippen molar-refractivity contribution in [3.05, 3.63) is 54.0 Å². The number of hydrogen-bond donors (Lipinski definition) is 3. The fourth-order valence-corrected chi connectivity index (χ4v) is 2.04. The molecule has 0 aliphatic heterocycles. The maximum atomic E-state index is 11.7. The van der Waals surface area contributed by atoms with Gasteiger partial charge >= 0.3 is 11.8 Å². The number of aliphatic hydroxyl groups is 1. The highest BCUT2D eigenvalue weighted by Crippen LogP contribution is 2.15. The maximum absolute atomic E-state index is 11.7. The lowest BCUT2D eigenvalue weighted by Crippen LogP contribution is -2.40. The smallest absolute Gasteiger partial charge is 0.309 e. The predicted molar refractivity (Wildman–Crippen MR) is 86.1 cm³/mol. The number of ether oxygens (including phenoxy) is 1. The third kappa shape index (κ3) is 5.13. The van der Waals surface area contributed by atoms with Gasteiger partial charge in [-0.05, 0) is 30.2 Å². The van der Waals surface area contributed by atoms with Crippen LogP contribution in [0.3, 0.4) is 0 Å². The van der Waals surface area contributed by atoms with Gasteiger partial charge in [-0.3, -0.25) is 9.59 Å². The molecule has 7 heteroatoms. The van der Waals surface area contributed by atoms with Crippen LogP contribution in [-0.2, 0) is 16.1 Å². The molecule has 0 saturated carbocycles. The van der Waals surface area contributed by atoms with Gasteiger partial charge in [-0.25, -0.2) is 0 Å². The van der Waals surface area contributed by atoms with E-state index in [1.165, 1.54) is 12.5 Å². The third-order valence-corrected chi connectivity index (χ3v) is 3.45. The molecule has 0 fully saturated rings. The van der Waals surface area contributed by atoms with Crippen LogP contribution in [0.25, 0.3) is 0 Å². The minimum absolute atomic E-state index is 0.182. The summed E-state index contributed by atoms with van der Waals surface area (Å²) < 4.78 is 9.92. The van der Waals surface area contributed by atoms with Gasteiger partial charge in [0, 0.05) is 18.7 Å². The molecule has 2 rings (SSSR count). The molecule has 1 heterocycles. The number of carbonyl (C=O) groups excluding carboxylic acids is 2. The Bertz CT molecular complexity index is 652. The number of rotatable bonds is 7. The average Bonchev–Trinajstić information content (AvgIpc) is 3.14. The molecule has 7 nitrogen and oxygen atoms in total. The van der Waals surface area contributed by atoms with Gasteiger partial charge in [-0.15, -0.1) is 0 Å². The molecule has 1 aromatic carbocycles. The first-order valence-corrected chi connectivity index (χ1v) is 7.49. The molecule has 1 unspecified atom stereocenters. The molecule has 0 aliphatic carbocycles. The van der Waals surface area contributed by atoms with Crippen molar-refractivity contribution in [2.24, 2.45) is 0 Å². The number of hydrogen-bond acceptors (Lipinski definition) is 5. The monoisotopic (exact) mass is 332 g/mol. The molecule has 0 aliphatic rings. The van der Waals surface area contributed by atoms with Crippen LogP contribution in [-0.4, -0.2) is 30.6 Å². The summed E-state index contributed by atoms with van der Waals surface area (Å²) in [5, 5.41) is 14.8. The van der Waals surface area contributed by atoms with Crippen LogP contribution in [0, 0.1) is 0 Å². The van der Waals surface area contributed by atoms with Gasteiger partial charge in [0.25, 0.3) is 0 Å². The lowest BCUT2D eigenvalue weighted by molar-refractivity contribution is -0.139. The minimum atomic E-state index is -0.744. The maximum Gasteiger partial charge on any atom is 0.309 e. The van der Waals surface area contributed by atoms with Crippen LogP contribution >= 0.6 is 0 Å². The van der Waals surface area contributed by atoms with E-state index in [-0.39, 0.29) is 19.5 Å². The van der Waals surface area contributed by atoms with E-state index in [2.05, 4.69) is 10.6 Å². The number of furan rings is 1. The van der Waals surface area contributed by atoms with Crippen LogP contribution in [0.2, 0.25) is 0 Å². The second kappa shape index (κ2) is 8.73. The summed E-state index contributed by atoms with van der Waals surface area (Å²) in [4.78, 5) is 23.4. The zero-order chi connectivity index (χ0) is 17.4. The van der Waals surface area contributed by atoms with Gasteiger partial charge in [0.1, 0.15) is 5.75 Å². The fraction of sp³-hybridized carbons (Fsp3) is 0.294. The van der Waals surface area contributed by atoms with Crippen molar-refractivity contribution in [2.75, 3.05) is 13.7 Å². The van der Waals surface area contributed by atoms with Crippen molar-refractivity contribution in [3.8, 4) is 5.75 Å². The Balaban J connectivity index is 1.68. The van der Waals surface area contributed by atoms with E-state index in [1.807, 2.05) is 0 Å². The first-order valence-electron chi connectivity index (χ1n) is 7.49. The largest absolute Gasteiger partial charge is 0.497 e. The Labute approximate surface area is 139 Å². The van der Waals surface area contributed by atoms with Crippen molar-refractivity contribution >= 4 is 11.8 Å². The van der Waals surface area contributed by atoms with Gasteiger partial charge in [0.2, 0.25) is 0 Å². The Morgan fingerprint density at radius 2 is 1.88 bits per heavy atom. The molecular weight excluding hydrogens is 312 g/mol. The number of benzene rings is 1. The van der Waals surface area contributed by atoms with Crippen LogP contribution in [0.4, 0.5) is 0 Å². The molecule has 0 bridgehead atoms. The van der Waals surface area contributed by atoms with Gasteiger partial charge in [-0.1, -0.05) is 12.1 Å². The topological polar surface area (TPSA) is 101 Å². The average molecular weight is 332 g/mol. The van der Waals surface area contributed by atoms with E-state index in [0.29, 0.717) is 5.56 Å². The van der Waals surface area contributed by atoms with Gasteiger partial charge in [0.05, 0.1) is 25.7 Å². The van der Waals surface area contributed by atoms with E-state index >= 15 is 0 Å². The SMILES string of the molecule is COc1ccc(CNC(=O)C(=O)NCCC(O)c2ccoc2)cc1. The second-order valence-electron chi connectivity index (χ2n) is 5.15. The van der Waals surface area contributed by atoms with Crippen LogP contribution in [0.1, 0.15) is 23.7 Å². The van der Waals surface area contributed by atoms with Crippen molar-refractivity contribution in [2.45, 2.75) is 19.1 Å². The summed E-state index contributed by atoms with van der Waals surface area (Å²) >= 11 is 0. The van der Waals surface area contributed by atoms with Crippen LogP contribution in [0.15, 0.2) is 47.3 Å². The minimum Gasteiger partial charge on any atom is -0.497 e. The Kier molecular flexibility index (Phi) is 6.39. The summed E-state index contributed by atoms with van der Waals surface area (Å²) in [6.07, 6.45) is 2.45. The molecule has 3 N–H and O–H groups in total. The van der Waals surface area contributed by atoms with E-state index < -0.39 is 17.9 Å². The van der Waals surface area contributed by atoms with Gasteiger partial charge < -0.3 is 24.9 Å². The third-order valence-electron chi connectivity index (χ3n) is 3.45. The highest BCUT2D eigenvalue weighted by atomic mass is 16.5. The molecule has 2 amide bonds. The van der Waals surface area contributed by atoms with Crippen LogP contribution < -0.4 is 15.4 Å². The molecular formula is C17H20N2O5. The molecule has 128 valence electrons. The summed E-state index contributed by atoms with van der Waals surface area (Å²) in [6, 6.07) is 8.81. The summed E-state index contributed by atoms with van der Waals surface area (Å²) in [5.74, 6) is -0.731. The molecule has 1 aromatic heterocycles. The molecule has 1 atom stereocenters. The standard InChI is InChI=1S/C17H20N2O5/c1-23-14-4-2-12(3-5-14)10-19-17(22)16(21)18-8-6-15(20)13-7-9-24-11-13/h2-5,7,9,11,15,20H,6,8,10H2,1H3,(H,18,21)(H,19,22). The fourth-order valence-electron chi connectivity index (χ4n) is 2.04. The van der Waals surface area contributed by atoms with E-state index in [0.717, 1.165) is 11.3 Å². The van der Waals surface area contributed by atoms with Crippen molar-refractivity contribution in [1.82, 2.24) is 10.6 Å². The zero-order valence-corrected chi connectivity index (χ0v) is 13.3. The molecule has 0 spiro atoms. The Morgan fingerprint density at radius 3 is 2.50 bits per heavy atom. The normalized spacial score (nSPS) is 11.6. The molecule has 0 saturated heterocycles. The van der Waals surface area contributed by atoms with E-state index in [1.54, 1.807) is 37.4 Å². The number of nitrogens with one attached hydrogen (secondary N) is 2. The highest BCUT2D eigenvalue weighted by molar-refractivity contribution is 6.35. The summed E-state index contributed by atoms with van der Waals surface area (Å²) in [7, 11) is 1.57. The first kappa shape index (κ1) is 17.6. The van der Waals surface area contributed by atoms with Gasteiger partial charge in [-0.2, -0.15) is 0 Å². The summed E-state index contributed by atoms with van der Waals surface area (Å²) in [6.45, 7) is 0.426. The number of methoxy groups -OCH3 is 1. The molecule has 24 heavy (non-hydrogen) atoms. The van der Waals surface area contributed by atoms with Gasteiger partial charge in [0.15, 0.2) is 0 Å². The number of aliphatic hydroxyl groups excluding tert-OH is 1. The number of amides is 2. The van der Waals surface area contributed by atoms with E-state index in [9.17, 15) is 14.7 Å².